The molecule has 0 aliphatic heterocycles. The van der Waals surface area contributed by atoms with E-state index in [1.807, 2.05) is 31.4 Å². The quantitative estimate of drug-likeness (QED) is 0.862. The van der Waals surface area contributed by atoms with Crippen LogP contribution in [0.25, 0.3) is 0 Å². The standard InChI is InChI=1S/C15H21N3O/c1-15(2,19)14-6-4-5-13(17-14)11-18-8-7-12(10-18)9-16-3/h4-8,10,16,19H,9,11H2,1-3H3. The predicted molar refractivity (Wildman–Crippen MR) is 75.8 cm³/mol. The molecule has 0 amide bonds. The molecule has 4 nitrogen and oxygen atoms in total. The third-order valence-electron chi connectivity index (χ3n) is 2.97. The van der Waals surface area contributed by atoms with Gasteiger partial charge in [0.2, 0.25) is 0 Å². The van der Waals surface area contributed by atoms with Gasteiger partial charge in [0.05, 0.1) is 17.9 Å². The van der Waals surface area contributed by atoms with Crippen LogP contribution in [-0.4, -0.2) is 21.7 Å². The van der Waals surface area contributed by atoms with Crippen molar-refractivity contribution >= 4 is 0 Å². The maximum absolute atomic E-state index is 9.98. The van der Waals surface area contributed by atoms with E-state index in [-0.39, 0.29) is 0 Å². The zero-order valence-electron chi connectivity index (χ0n) is 11.7. The van der Waals surface area contributed by atoms with Crippen molar-refractivity contribution in [3.8, 4) is 0 Å². The van der Waals surface area contributed by atoms with Crippen LogP contribution in [0.2, 0.25) is 0 Å². The van der Waals surface area contributed by atoms with E-state index in [9.17, 15) is 5.11 Å². The highest BCUT2D eigenvalue weighted by molar-refractivity contribution is 5.17. The second-order valence-corrected chi connectivity index (χ2v) is 5.30. The van der Waals surface area contributed by atoms with Gasteiger partial charge < -0.3 is 15.0 Å². The maximum atomic E-state index is 9.98. The van der Waals surface area contributed by atoms with Crippen molar-refractivity contribution in [1.82, 2.24) is 14.9 Å². The Balaban J connectivity index is 2.14. The van der Waals surface area contributed by atoms with Crippen LogP contribution < -0.4 is 5.32 Å². The summed E-state index contributed by atoms with van der Waals surface area (Å²) >= 11 is 0. The highest BCUT2D eigenvalue weighted by Crippen LogP contribution is 2.17. The molecule has 0 saturated heterocycles. The molecule has 2 aromatic rings. The summed E-state index contributed by atoms with van der Waals surface area (Å²) in [5, 5.41) is 13.1. The Hall–Kier alpha value is -1.65. The minimum Gasteiger partial charge on any atom is -0.384 e. The molecule has 4 heteroatoms. The molecule has 0 radical (unpaired) electrons. The van der Waals surface area contributed by atoms with Crippen molar-refractivity contribution < 1.29 is 5.11 Å². The molecule has 2 heterocycles. The predicted octanol–water partition coefficient (Wildman–Crippen LogP) is 1.88. The summed E-state index contributed by atoms with van der Waals surface area (Å²) in [5.41, 5.74) is 2.00. The second-order valence-electron chi connectivity index (χ2n) is 5.30. The number of aromatic nitrogens is 2. The Kier molecular flexibility index (Phi) is 4.02. The van der Waals surface area contributed by atoms with E-state index >= 15 is 0 Å². The Morgan fingerprint density at radius 3 is 2.79 bits per heavy atom. The summed E-state index contributed by atoms with van der Waals surface area (Å²) in [7, 11) is 1.94. The first-order chi connectivity index (χ1) is 8.99. The number of hydrogen-bond acceptors (Lipinski definition) is 3. The molecule has 0 atom stereocenters. The van der Waals surface area contributed by atoms with Crippen LogP contribution in [0.1, 0.15) is 30.8 Å². The van der Waals surface area contributed by atoms with E-state index in [0.29, 0.717) is 12.2 Å². The molecule has 19 heavy (non-hydrogen) atoms. The summed E-state index contributed by atoms with van der Waals surface area (Å²) in [6, 6.07) is 7.86. The normalized spacial score (nSPS) is 11.8. The van der Waals surface area contributed by atoms with Crippen LogP contribution in [0.3, 0.4) is 0 Å². The second kappa shape index (κ2) is 5.55. The largest absolute Gasteiger partial charge is 0.384 e. The first kappa shape index (κ1) is 13.8. The van der Waals surface area contributed by atoms with Gasteiger partial charge in [0.1, 0.15) is 5.60 Å². The Morgan fingerprint density at radius 2 is 2.11 bits per heavy atom. The highest BCUT2D eigenvalue weighted by Gasteiger charge is 2.17. The number of hydrogen-bond donors (Lipinski definition) is 2. The van der Waals surface area contributed by atoms with Crippen molar-refractivity contribution in [1.29, 1.82) is 0 Å². The van der Waals surface area contributed by atoms with Gasteiger partial charge in [-0.2, -0.15) is 0 Å². The van der Waals surface area contributed by atoms with E-state index in [1.165, 1.54) is 5.56 Å². The Labute approximate surface area is 114 Å². The lowest BCUT2D eigenvalue weighted by atomic mass is 10.0. The molecule has 0 aliphatic rings. The fourth-order valence-corrected chi connectivity index (χ4v) is 1.99. The summed E-state index contributed by atoms with van der Waals surface area (Å²) in [6.07, 6.45) is 4.15. The fraction of sp³-hybridized carbons (Fsp3) is 0.400. The van der Waals surface area contributed by atoms with Gasteiger partial charge in [-0.25, -0.2) is 0 Å². The van der Waals surface area contributed by atoms with E-state index in [1.54, 1.807) is 13.8 Å². The minimum absolute atomic E-state index is 0.701. The first-order valence-electron chi connectivity index (χ1n) is 6.47. The van der Waals surface area contributed by atoms with Crippen molar-refractivity contribution in [3.63, 3.8) is 0 Å². The molecular weight excluding hydrogens is 238 g/mol. The van der Waals surface area contributed by atoms with Gasteiger partial charge in [-0.3, -0.25) is 4.98 Å². The summed E-state index contributed by atoms with van der Waals surface area (Å²) in [5.74, 6) is 0. The highest BCUT2D eigenvalue weighted by atomic mass is 16.3. The van der Waals surface area contributed by atoms with E-state index < -0.39 is 5.60 Å². The third-order valence-corrected chi connectivity index (χ3v) is 2.97. The molecule has 0 aromatic carbocycles. The molecule has 2 N–H and O–H groups in total. The number of rotatable bonds is 5. The first-order valence-corrected chi connectivity index (χ1v) is 6.47. The average molecular weight is 259 g/mol. The average Bonchev–Trinajstić information content (AvgIpc) is 2.76. The monoisotopic (exact) mass is 259 g/mol. The number of aliphatic hydroxyl groups is 1. The van der Waals surface area contributed by atoms with E-state index in [4.69, 9.17) is 0 Å². The van der Waals surface area contributed by atoms with Gasteiger partial charge in [0.15, 0.2) is 0 Å². The molecule has 2 aromatic heterocycles. The molecular formula is C15H21N3O. The van der Waals surface area contributed by atoms with Gasteiger partial charge >= 0.3 is 0 Å². The summed E-state index contributed by atoms with van der Waals surface area (Å²) in [4.78, 5) is 4.51. The summed E-state index contributed by atoms with van der Waals surface area (Å²) < 4.78 is 2.10. The van der Waals surface area contributed by atoms with Crippen molar-refractivity contribution in [2.45, 2.75) is 32.5 Å². The fourth-order valence-electron chi connectivity index (χ4n) is 1.99. The van der Waals surface area contributed by atoms with Crippen LogP contribution >= 0.6 is 0 Å². The third kappa shape index (κ3) is 3.66. The maximum Gasteiger partial charge on any atom is 0.101 e. The van der Waals surface area contributed by atoms with Gasteiger partial charge in [-0.05, 0) is 44.7 Å². The molecule has 2 rings (SSSR count). The Morgan fingerprint density at radius 1 is 1.32 bits per heavy atom. The van der Waals surface area contributed by atoms with Crippen LogP contribution in [0.15, 0.2) is 36.7 Å². The van der Waals surface area contributed by atoms with Gasteiger partial charge in [-0.15, -0.1) is 0 Å². The van der Waals surface area contributed by atoms with Gasteiger partial charge in [0.25, 0.3) is 0 Å². The smallest absolute Gasteiger partial charge is 0.101 e. The minimum atomic E-state index is -0.899. The van der Waals surface area contributed by atoms with Crippen molar-refractivity contribution in [2.75, 3.05) is 7.05 Å². The number of nitrogens with zero attached hydrogens (tertiary/aromatic N) is 2. The lowest BCUT2D eigenvalue weighted by molar-refractivity contribution is 0.0736. The zero-order valence-corrected chi connectivity index (χ0v) is 11.7. The number of pyridine rings is 1. The molecule has 0 bridgehead atoms. The molecule has 0 aliphatic carbocycles. The molecule has 0 saturated carbocycles. The van der Waals surface area contributed by atoms with Crippen LogP contribution in [0.5, 0.6) is 0 Å². The van der Waals surface area contributed by atoms with E-state index in [0.717, 1.165) is 12.2 Å². The zero-order chi connectivity index (χ0) is 13.9. The van der Waals surface area contributed by atoms with Crippen LogP contribution in [0.4, 0.5) is 0 Å². The van der Waals surface area contributed by atoms with Gasteiger partial charge in [0, 0.05) is 18.9 Å². The lowest BCUT2D eigenvalue weighted by Gasteiger charge is -2.17. The summed E-state index contributed by atoms with van der Waals surface area (Å²) in [6.45, 7) is 5.08. The van der Waals surface area contributed by atoms with E-state index in [2.05, 4.69) is 27.1 Å². The van der Waals surface area contributed by atoms with Crippen molar-refractivity contribution in [3.05, 3.63) is 53.6 Å². The SMILES string of the molecule is CNCc1ccn(Cc2cccc(C(C)(C)O)n2)c1. The molecule has 0 unspecified atom stereocenters. The Bertz CT molecular complexity index is 540. The van der Waals surface area contributed by atoms with Crippen LogP contribution in [0, 0.1) is 0 Å². The van der Waals surface area contributed by atoms with Crippen molar-refractivity contribution in [2.24, 2.45) is 0 Å². The molecule has 102 valence electrons. The molecule has 0 spiro atoms. The molecule has 0 fully saturated rings. The van der Waals surface area contributed by atoms with Crippen LogP contribution in [-0.2, 0) is 18.7 Å². The number of nitrogens with one attached hydrogen (secondary N) is 1. The topological polar surface area (TPSA) is 50.1 Å². The van der Waals surface area contributed by atoms with Gasteiger partial charge in [-0.1, -0.05) is 6.07 Å². The lowest BCUT2D eigenvalue weighted by Crippen LogP contribution is -2.18.